The van der Waals surface area contributed by atoms with Crippen molar-refractivity contribution in [3.63, 3.8) is 0 Å². The number of rotatable bonds is 3. The SMILES string of the molecule is Nc1cccnc1SCc1cc(=O)n2ccsc2n1. The van der Waals surface area contributed by atoms with Crippen molar-refractivity contribution in [1.82, 2.24) is 14.4 Å². The van der Waals surface area contributed by atoms with Crippen LogP contribution in [0.25, 0.3) is 4.96 Å². The van der Waals surface area contributed by atoms with Crippen molar-refractivity contribution in [2.45, 2.75) is 10.8 Å². The van der Waals surface area contributed by atoms with Crippen LogP contribution in [-0.2, 0) is 5.75 Å². The molecule has 0 aliphatic rings. The predicted octanol–water partition coefficient (Wildman–Crippen LogP) is 2.03. The molecule has 7 heteroatoms. The number of hydrogen-bond donors (Lipinski definition) is 1. The van der Waals surface area contributed by atoms with E-state index in [-0.39, 0.29) is 5.56 Å². The summed E-state index contributed by atoms with van der Waals surface area (Å²) in [6.45, 7) is 0. The minimum atomic E-state index is -0.0594. The Bertz CT molecular complexity index is 780. The lowest BCUT2D eigenvalue weighted by Crippen LogP contribution is -2.12. The lowest BCUT2D eigenvalue weighted by Gasteiger charge is -2.03. The molecule has 2 N–H and O–H groups in total. The highest BCUT2D eigenvalue weighted by Gasteiger charge is 2.06. The number of pyridine rings is 1. The van der Waals surface area contributed by atoms with Crippen LogP contribution in [0.4, 0.5) is 5.69 Å². The highest BCUT2D eigenvalue weighted by molar-refractivity contribution is 7.98. The number of anilines is 1. The third kappa shape index (κ3) is 2.47. The van der Waals surface area contributed by atoms with E-state index in [4.69, 9.17) is 5.73 Å². The van der Waals surface area contributed by atoms with Crippen molar-refractivity contribution in [1.29, 1.82) is 0 Å². The first-order valence-electron chi connectivity index (χ1n) is 5.53. The first-order chi connectivity index (χ1) is 9.24. The molecule has 3 aromatic rings. The number of nitrogens with zero attached hydrogens (tertiary/aromatic N) is 3. The predicted molar refractivity (Wildman–Crippen MR) is 77.5 cm³/mol. The van der Waals surface area contributed by atoms with E-state index in [9.17, 15) is 4.79 Å². The zero-order chi connectivity index (χ0) is 13.2. The quantitative estimate of drug-likeness (QED) is 0.747. The molecule has 0 saturated heterocycles. The summed E-state index contributed by atoms with van der Waals surface area (Å²) >= 11 is 2.92. The maximum Gasteiger partial charge on any atom is 0.258 e. The van der Waals surface area contributed by atoms with Gasteiger partial charge < -0.3 is 5.73 Å². The monoisotopic (exact) mass is 290 g/mol. The molecule has 0 unspecified atom stereocenters. The Kier molecular flexibility index (Phi) is 3.22. The second-order valence-electron chi connectivity index (χ2n) is 3.83. The number of aromatic nitrogens is 3. The zero-order valence-corrected chi connectivity index (χ0v) is 11.4. The van der Waals surface area contributed by atoms with Gasteiger partial charge in [-0.3, -0.25) is 9.20 Å². The van der Waals surface area contributed by atoms with Crippen molar-refractivity contribution in [3.8, 4) is 0 Å². The van der Waals surface area contributed by atoms with Gasteiger partial charge >= 0.3 is 0 Å². The Morgan fingerprint density at radius 3 is 3.21 bits per heavy atom. The van der Waals surface area contributed by atoms with Crippen molar-refractivity contribution in [3.05, 3.63) is 52.0 Å². The third-order valence-electron chi connectivity index (χ3n) is 2.51. The molecule has 5 nitrogen and oxygen atoms in total. The van der Waals surface area contributed by atoms with E-state index >= 15 is 0 Å². The highest BCUT2D eigenvalue weighted by Crippen LogP contribution is 2.24. The third-order valence-corrected chi connectivity index (χ3v) is 4.32. The molecule has 0 atom stereocenters. The molecule has 3 heterocycles. The van der Waals surface area contributed by atoms with E-state index in [0.717, 1.165) is 10.7 Å². The first kappa shape index (κ1) is 12.2. The van der Waals surface area contributed by atoms with Crippen LogP contribution in [0.3, 0.4) is 0 Å². The summed E-state index contributed by atoms with van der Waals surface area (Å²) < 4.78 is 1.54. The Balaban J connectivity index is 1.86. The summed E-state index contributed by atoms with van der Waals surface area (Å²) in [6.07, 6.45) is 3.42. The van der Waals surface area contributed by atoms with E-state index in [1.54, 1.807) is 30.6 Å². The Labute approximate surface area is 117 Å². The fraction of sp³-hybridized carbons (Fsp3) is 0.0833. The summed E-state index contributed by atoms with van der Waals surface area (Å²) in [6, 6.07) is 5.15. The van der Waals surface area contributed by atoms with Crippen LogP contribution in [0.5, 0.6) is 0 Å². The number of hydrogen-bond acceptors (Lipinski definition) is 6. The van der Waals surface area contributed by atoms with E-state index in [0.29, 0.717) is 16.4 Å². The van der Waals surface area contributed by atoms with Gasteiger partial charge in [0.1, 0.15) is 5.03 Å². The second kappa shape index (κ2) is 5.02. The minimum Gasteiger partial charge on any atom is -0.397 e. The summed E-state index contributed by atoms with van der Waals surface area (Å²) in [5, 5.41) is 2.60. The molecule has 3 rings (SSSR count). The molecular formula is C12H10N4OS2. The van der Waals surface area contributed by atoms with Crippen LogP contribution < -0.4 is 11.3 Å². The molecule has 0 bridgehead atoms. The molecule has 19 heavy (non-hydrogen) atoms. The van der Waals surface area contributed by atoms with Gasteiger partial charge in [-0.25, -0.2) is 9.97 Å². The molecule has 96 valence electrons. The van der Waals surface area contributed by atoms with Gasteiger partial charge in [0.2, 0.25) is 0 Å². The molecule has 0 aliphatic heterocycles. The van der Waals surface area contributed by atoms with Crippen LogP contribution in [0, 0.1) is 0 Å². The summed E-state index contributed by atoms with van der Waals surface area (Å²) in [5.41, 5.74) is 7.14. The van der Waals surface area contributed by atoms with Gasteiger partial charge in [0, 0.05) is 29.6 Å². The smallest absolute Gasteiger partial charge is 0.258 e. The topological polar surface area (TPSA) is 73.3 Å². The van der Waals surface area contributed by atoms with E-state index in [1.807, 2.05) is 5.38 Å². The summed E-state index contributed by atoms with van der Waals surface area (Å²) in [4.78, 5) is 21.2. The Morgan fingerprint density at radius 1 is 1.47 bits per heavy atom. The molecule has 0 saturated carbocycles. The van der Waals surface area contributed by atoms with Gasteiger partial charge in [-0.1, -0.05) is 11.8 Å². The van der Waals surface area contributed by atoms with Gasteiger partial charge in [0.25, 0.3) is 5.56 Å². The van der Waals surface area contributed by atoms with Crippen LogP contribution in [0.2, 0.25) is 0 Å². The van der Waals surface area contributed by atoms with Crippen molar-refractivity contribution in [2.24, 2.45) is 0 Å². The maximum absolute atomic E-state index is 11.8. The van der Waals surface area contributed by atoms with Crippen LogP contribution in [-0.4, -0.2) is 14.4 Å². The largest absolute Gasteiger partial charge is 0.397 e. The molecule has 0 aliphatic carbocycles. The number of thioether (sulfide) groups is 1. The van der Waals surface area contributed by atoms with Crippen molar-refractivity contribution >= 4 is 33.7 Å². The molecule has 0 fully saturated rings. The Morgan fingerprint density at radius 2 is 2.37 bits per heavy atom. The number of fused-ring (bicyclic) bond motifs is 1. The molecule has 0 radical (unpaired) electrons. The first-order valence-corrected chi connectivity index (χ1v) is 7.39. The molecule has 0 amide bonds. The number of nitrogens with two attached hydrogens (primary N) is 1. The van der Waals surface area contributed by atoms with Gasteiger partial charge in [-0.05, 0) is 12.1 Å². The van der Waals surface area contributed by atoms with Crippen LogP contribution >= 0.6 is 23.1 Å². The minimum absolute atomic E-state index is 0.0594. The summed E-state index contributed by atoms with van der Waals surface area (Å²) in [7, 11) is 0. The van der Waals surface area contributed by atoms with E-state index < -0.39 is 0 Å². The lowest BCUT2D eigenvalue weighted by atomic mass is 10.4. The van der Waals surface area contributed by atoms with Crippen molar-refractivity contribution < 1.29 is 0 Å². The van der Waals surface area contributed by atoms with Gasteiger partial charge in [-0.15, -0.1) is 11.3 Å². The molecule has 0 spiro atoms. The van der Waals surface area contributed by atoms with Crippen LogP contribution in [0.15, 0.2) is 45.8 Å². The number of nitrogen functional groups attached to an aromatic ring is 1. The molecule has 3 aromatic heterocycles. The lowest BCUT2D eigenvalue weighted by molar-refractivity contribution is 1.04. The van der Waals surface area contributed by atoms with Gasteiger partial charge in [0.05, 0.1) is 11.4 Å². The average molecular weight is 290 g/mol. The van der Waals surface area contributed by atoms with Gasteiger partial charge in [-0.2, -0.15) is 0 Å². The zero-order valence-electron chi connectivity index (χ0n) is 9.81. The second-order valence-corrected chi connectivity index (χ2v) is 5.66. The normalized spacial score (nSPS) is 10.9. The molecular weight excluding hydrogens is 280 g/mol. The fourth-order valence-corrected chi connectivity index (χ4v) is 3.17. The summed E-state index contributed by atoms with van der Waals surface area (Å²) in [5.74, 6) is 0.574. The van der Waals surface area contributed by atoms with E-state index in [2.05, 4.69) is 9.97 Å². The number of thiazole rings is 1. The van der Waals surface area contributed by atoms with Crippen LogP contribution in [0.1, 0.15) is 5.69 Å². The fourth-order valence-electron chi connectivity index (χ4n) is 1.63. The van der Waals surface area contributed by atoms with Gasteiger partial charge in [0.15, 0.2) is 4.96 Å². The molecule has 0 aromatic carbocycles. The Hall–Kier alpha value is -1.86. The van der Waals surface area contributed by atoms with Crippen molar-refractivity contribution in [2.75, 3.05) is 5.73 Å². The highest BCUT2D eigenvalue weighted by atomic mass is 32.2. The van der Waals surface area contributed by atoms with E-state index in [1.165, 1.54) is 27.5 Å². The maximum atomic E-state index is 11.8. The standard InChI is InChI=1S/C12H10N4OS2/c13-9-2-1-3-14-11(9)19-7-8-6-10(17)16-4-5-18-12(16)15-8/h1-6H,7,13H2. The average Bonchev–Trinajstić information content (AvgIpc) is 2.87.